The van der Waals surface area contributed by atoms with E-state index in [1.165, 1.54) is 148 Å². The van der Waals surface area contributed by atoms with Crippen molar-refractivity contribution in [3.8, 4) is 0 Å². The average molecular weight is 670 g/mol. The zero-order valence-electron chi connectivity index (χ0n) is 33.1. The maximum Gasteiger partial charge on any atom is 0.217 e. The molecule has 1 unspecified atom stereocenters. The molecule has 3 N–H and O–H groups in total. The van der Waals surface area contributed by atoms with E-state index >= 15 is 0 Å². The molecule has 3 heteroatoms. The fraction of sp³-hybridized carbons (Fsp3) is 0.933. The van der Waals surface area contributed by atoms with E-state index in [4.69, 9.17) is 5.73 Å². The minimum absolute atomic E-state index is 0.0766. The van der Waals surface area contributed by atoms with E-state index in [1.807, 2.05) is 0 Å². The zero-order valence-corrected chi connectivity index (χ0v) is 33.1. The quantitative estimate of drug-likeness (QED) is 0.0943. The summed E-state index contributed by atoms with van der Waals surface area (Å²) in [5, 5.41) is 10.2. The number of hydrogen-bond acceptors (Lipinski definition) is 2. The highest BCUT2D eigenvalue weighted by Crippen LogP contribution is 2.67. The molecule has 4 aliphatic rings. The molecule has 0 aromatic heterocycles. The molecule has 8 atom stereocenters. The maximum atomic E-state index is 10.6. The topological polar surface area (TPSA) is 63.3 Å². The summed E-state index contributed by atoms with van der Waals surface area (Å²) in [5.74, 6) is 5.30. The molecule has 4 aliphatic carbocycles. The molecule has 4 rings (SSSR count). The number of allylic oxidation sites excluding steroid dienone is 1. The number of fused-ring (bicyclic) bond motifs is 5. The van der Waals surface area contributed by atoms with Gasteiger partial charge in [0.05, 0.1) is 6.10 Å². The van der Waals surface area contributed by atoms with Gasteiger partial charge in [-0.25, -0.2) is 0 Å². The Morgan fingerprint density at radius 1 is 0.771 bits per heavy atom. The van der Waals surface area contributed by atoms with E-state index in [0.717, 1.165) is 54.8 Å². The van der Waals surface area contributed by atoms with Gasteiger partial charge in [0.15, 0.2) is 0 Å². The molecule has 0 bridgehead atoms. The van der Waals surface area contributed by atoms with Gasteiger partial charge in [-0.05, 0) is 104 Å². The van der Waals surface area contributed by atoms with Crippen LogP contribution in [0, 0.1) is 46.3 Å². The van der Waals surface area contributed by atoms with Gasteiger partial charge in [-0.2, -0.15) is 0 Å². The van der Waals surface area contributed by atoms with E-state index in [0.29, 0.717) is 17.3 Å². The van der Waals surface area contributed by atoms with Crippen LogP contribution in [0.5, 0.6) is 0 Å². The van der Waals surface area contributed by atoms with Crippen LogP contribution in [0.1, 0.15) is 215 Å². The fourth-order valence-corrected chi connectivity index (χ4v) is 11.3. The molecule has 0 spiro atoms. The van der Waals surface area contributed by atoms with E-state index < -0.39 is 0 Å². The Balaban J connectivity index is 0.000000279. The lowest BCUT2D eigenvalue weighted by Crippen LogP contribution is -2.50. The fourth-order valence-electron chi connectivity index (χ4n) is 11.3. The zero-order chi connectivity index (χ0) is 35.0. The van der Waals surface area contributed by atoms with Crippen LogP contribution in [0.15, 0.2) is 11.6 Å². The largest absolute Gasteiger partial charge is 0.393 e. The Bertz CT molecular complexity index is 926. The summed E-state index contributed by atoms with van der Waals surface area (Å²) in [6.45, 7) is 14.8. The van der Waals surface area contributed by atoms with Gasteiger partial charge in [0.1, 0.15) is 0 Å². The highest BCUT2D eigenvalue weighted by Gasteiger charge is 2.59. The van der Waals surface area contributed by atoms with Crippen molar-refractivity contribution in [3.63, 3.8) is 0 Å². The molecule has 280 valence electrons. The van der Waals surface area contributed by atoms with Crippen molar-refractivity contribution in [2.24, 2.45) is 52.1 Å². The predicted molar refractivity (Wildman–Crippen MR) is 208 cm³/mol. The second kappa shape index (κ2) is 21.5. The SMILES string of the molecule is CC(C)CCCC(C)[C@H]1CC[C@H]2[C@@H]3CC=C4C[C@@H](O)CC[C@]4(C)[C@H]3CC[C@]12C.CCCCCCCCCCCCCCCCCC(N)=O. The van der Waals surface area contributed by atoms with Gasteiger partial charge in [-0.1, -0.05) is 162 Å². The number of hydrogen-bond donors (Lipinski definition) is 2. The van der Waals surface area contributed by atoms with Gasteiger partial charge < -0.3 is 10.8 Å². The minimum Gasteiger partial charge on any atom is -0.393 e. The average Bonchev–Trinajstić information content (AvgIpc) is 3.40. The lowest BCUT2D eigenvalue weighted by Gasteiger charge is -2.58. The first-order chi connectivity index (χ1) is 23.0. The molecule has 0 aromatic carbocycles. The van der Waals surface area contributed by atoms with Crippen LogP contribution in [0.3, 0.4) is 0 Å². The molecule has 0 heterocycles. The van der Waals surface area contributed by atoms with Gasteiger partial charge in [0.2, 0.25) is 5.91 Å². The maximum absolute atomic E-state index is 10.6. The number of aliphatic hydroxyl groups is 1. The van der Waals surface area contributed by atoms with E-state index in [9.17, 15) is 9.90 Å². The van der Waals surface area contributed by atoms with Crippen LogP contribution in [-0.4, -0.2) is 17.1 Å². The molecule has 48 heavy (non-hydrogen) atoms. The Morgan fingerprint density at radius 2 is 1.35 bits per heavy atom. The van der Waals surface area contributed by atoms with Gasteiger partial charge in [-0.3, -0.25) is 4.79 Å². The third-order valence-electron chi connectivity index (χ3n) is 14.3. The molecule has 0 aromatic rings. The number of aliphatic hydroxyl groups excluding tert-OH is 1. The van der Waals surface area contributed by atoms with Crippen molar-refractivity contribution >= 4 is 5.91 Å². The standard InChI is InChI=1S/C27H46O.C18H37NO/c1-18(2)7-6-8-19(3)23-11-12-24-22-10-9-20-17-21(28)13-15-26(20,4)25(22)14-16-27(23,24)5;1-2-3-4-5-6-7-8-9-10-11-12-13-14-15-16-17-18(19)20/h9,18-19,21-25,28H,6-8,10-17H2,1-5H3;2-17H2,1H3,(H2,19,20)/t19?,21-,22-,23+,24-,25-,26-,27+;/m0./s1. The van der Waals surface area contributed by atoms with E-state index in [-0.39, 0.29) is 12.0 Å². The molecular weight excluding hydrogens is 587 g/mol. The van der Waals surface area contributed by atoms with E-state index in [2.05, 4.69) is 47.6 Å². The van der Waals surface area contributed by atoms with Gasteiger partial charge in [0, 0.05) is 6.42 Å². The van der Waals surface area contributed by atoms with Gasteiger partial charge >= 0.3 is 0 Å². The normalized spacial score (nSPS) is 31.7. The first-order valence-electron chi connectivity index (χ1n) is 21.7. The number of unbranched alkanes of at least 4 members (excludes halogenated alkanes) is 14. The number of carbonyl (C=O) groups excluding carboxylic acids is 1. The molecular formula is C45H83NO2. The first kappa shape index (κ1) is 41.6. The van der Waals surface area contributed by atoms with Crippen LogP contribution in [0.2, 0.25) is 0 Å². The summed E-state index contributed by atoms with van der Waals surface area (Å²) in [5.41, 5.74) is 7.71. The molecule has 0 radical (unpaired) electrons. The van der Waals surface area contributed by atoms with Crippen molar-refractivity contribution in [1.82, 2.24) is 0 Å². The van der Waals surface area contributed by atoms with Crippen LogP contribution in [-0.2, 0) is 4.79 Å². The van der Waals surface area contributed by atoms with Crippen LogP contribution in [0.4, 0.5) is 0 Å². The van der Waals surface area contributed by atoms with Crippen molar-refractivity contribution in [1.29, 1.82) is 0 Å². The summed E-state index contributed by atoms with van der Waals surface area (Å²) in [6, 6.07) is 0. The number of primary amides is 1. The Hall–Kier alpha value is -0.830. The van der Waals surface area contributed by atoms with Crippen LogP contribution < -0.4 is 5.73 Å². The van der Waals surface area contributed by atoms with Crippen molar-refractivity contribution < 1.29 is 9.90 Å². The number of nitrogens with two attached hydrogens (primary N) is 1. The summed E-state index contributed by atoms with van der Waals surface area (Å²) >= 11 is 0. The van der Waals surface area contributed by atoms with Crippen LogP contribution in [0.25, 0.3) is 0 Å². The predicted octanol–water partition coefficient (Wildman–Crippen LogP) is 13.1. The first-order valence-corrected chi connectivity index (χ1v) is 21.7. The third kappa shape index (κ3) is 12.4. The molecule has 3 nitrogen and oxygen atoms in total. The van der Waals surface area contributed by atoms with Gasteiger partial charge in [-0.15, -0.1) is 0 Å². The third-order valence-corrected chi connectivity index (χ3v) is 14.3. The summed E-state index contributed by atoms with van der Waals surface area (Å²) in [6.07, 6.45) is 38.0. The Labute approximate surface area is 299 Å². The summed E-state index contributed by atoms with van der Waals surface area (Å²) in [4.78, 5) is 10.6. The number of amides is 1. The van der Waals surface area contributed by atoms with Crippen molar-refractivity contribution in [2.45, 2.75) is 221 Å². The summed E-state index contributed by atoms with van der Waals surface area (Å²) < 4.78 is 0. The molecule has 1 amide bonds. The molecule has 0 aliphatic heterocycles. The highest BCUT2D eigenvalue weighted by molar-refractivity contribution is 5.73. The Morgan fingerprint density at radius 3 is 1.92 bits per heavy atom. The smallest absolute Gasteiger partial charge is 0.217 e. The minimum atomic E-state index is -0.153. The van der Waals surface area contributed by atoms with E-state index in [1.54, 1.807) is 5.57 Å². The second-order valence-electron chi connectivity index (χ2n) is 18.4. The second-order valence-corrected chi connectivity index (χ2v) is 18.4. The lowest BCUT2D eigenvalue weighted by atomic mass is 9.47. The Kier molecular flexibility index (Phi) is 18.6. The lowest BCUT2D eigenvalue weighted by molar-refractivity contribution is -0.118. The van der Waals surface area contributed by atoms with Crippen LogP contribution >= 0.6 is 0 Å². The van der Waals surface area contributed by atoms with Gasteiger partial charge in [0.25, 0.3) is 0 Å². The molecule has 3 fully saturated rings. The van der Waals surface area contributed by atoms with Crippen molar-refractivity contribution in [2.75, 3.05) is 0 Å². The highest BCUT2D eigenvalue weighted by atomic mass is 16.3. The number of rotatable bonds is 21. The molecule has 0 saturated heterocycles. The summed E-state index contributed by atoms with van der Waals surface area (Å²) in [7, 11) is 0. The monoisotopic (exact) mass is 670 g/mol. The van der Waals surface area contributed by atoms with Crippen molar-refractivity contribution in [3.05, 3.63) is 11.6 Å². The number of carbonyl (C=O) groups is 1. The molecule has 3 saturated carbocycles.